The summed E-state index contributed by atoms with van der Waals surface area (Å²) in [5.41, 5.74) is 0. The lowest BCUT2D eigenvalue weighted by atomic mass is 10.2. The normalized spacial score (nSPS) is 7.40. The second-order valence-electron chi connectivity index (χ2n) is 3.13. The molecule has 3 heteroatoms. The van der Waals surface area contributed by atoms with Crippen molar-refractivity contribution in [2.24, 2.45) is 0 Å². The van der Waals surface area contributed by atoms with E-state index in [0.717, 1.165) is 13.3 Å². The van der Waals surface area contributed by atoms with Crippen LogP contribution in [0.1, 0.15) is 66.2 Å². The van der Waals surface area contributed by atoms with Crippen molar-refractivity contribution >= 4 is 5.97 Å². The summed E-state index contributed by atoms with van der Waals surface area (Å²) < 4.78 is 0. The van der Waals surface area contributed by atoms with Crippen LogP contribution in [0, 0.1) is 11.3 Å². The topological polar surface area (TPSA) is 61.1 Å². The van der Waals surface area contributed by atoms with E-state index in [9.17, 15) is 0 Å². The molecule has 0 aromatic carbocycles. The first kappa shape index (κ1) is 19.5. The Morgan fingerprint density at radius 3 is 1.53 bits per heavy atom. The van der Waals surface area contributed by atoms with Gasteiger partial charge in [0.1, 0.15) is 0 Å². The second kappa shape index (κ2) is 23.1. The molecule has 1 N–H and O–H groups in total. The largest absolute Gasteiger partial charge is 0.481 e. The predicted octanol–water partition coefficient (Wildman–Crippen LogP) is 3.99. The number of nitrogens with zero attached hydrogens (tertiary/aromatic N) is 1. The molecule has 0 heterocycles. The number of nitriles is 1. The van der Waals surface area contributed by atoms with Crippen molar-refractivity contribution in [3.63, 3.8) is 0 Å². The molecule has 0 bridgehead atoms. The van der Waals surface area contributed by atoms with Gasteiger partial charge in [0.25, 0.3) is 5.97 Å². The van der Waals surface area contributed by atoms with Gasteiger partial charge in [-0.15, -0.1) is 0 Å². The summed E-state index contributed by atoms with van der Waals surface area (Å²) >= 11 is 0. The van der Waals surface area contributed by atoms with E-state index in [1.165, 1.54) is 25.7 Å². The van der Waals surface area contributed by atoms with E-state index in [1.807, 2.05) is 13.0 Å². The van der Waals surface area contributed by atoms with Gasteiger partial charge in [-0.05, 0) is 6.42 Å². The Hall–Kier alpha value is -1.04. The minimum Gasteiger partial charge on any atom is -0.481 e. The van der Waals surface area contributed by atoms with Crippen molar-refractivity contribution in [2.75, 3.05) is 0 Å². The van der Waals surface area contributed by atoms with E-state index >= 15 is 0 Å². The van der Waals surface area contributed by atoms with E-state index in [2.05, 4.69) is 13.8 Å². The first-order chi connectivity index (χ1) is 7.06. The number of carboxylic acids is 1. The maximum Gasteiger partial charge on any atom is 0.300 e. The summed E-state index contributed by atoms with van der Waals surface area (Å²) in [5, 5.41) is 15.2. The minimum atomic E-state index is -0.833. The van der Waals surface area contributed by atoms with Crippen LogP contribution >= 0.6 is 0 Å². The predicted molar refractivity (Wildman–Crippen MR) is 63.6 cm³/mol. The molecule has 90 valence electrons. The molecular weight excluding hydrogens is 190 g/mol. The fourth-order valence-corrected chi connectivity index (χ4v) is 0.612. The van der Waals surface area contributed by atoms with Crippen molar-refractivity contribution in [2.45, 2.75) is 66.2 Å². The summed E-state index contributed by atoms with van der Waals surface area (Å²) in [6.07, 6.45) is 7.21. The summed E-state index contributed by atoms with van der Waals surface area (Å²) in [5.74, 6) is -0.833. The molecule has 0 amide bonds. The highest BCUT2D eigenvalue weighted by molar-refractivity contribution is 5.62. The van der Waals surface area contributed by atoms with Gasteiger partial charge in [0.2, 0.25) is 0 Å². The van der Waals surface area contributed by atoms with E-state index in [0.29, 0.717) is 6.42 Å². The Bertz CT molecular complexity index is 142. The van der Waals surface area contributed by atoms with Crippen molar-refractivity contribution in [3.8, 4) is 6.07 Å². The highest BCUT2D eigenvalue weighted by Gasteiger charge is 1.75. The monoisotopic (exact) mass is 215 g/mol. The van der Waals surface area contributed by atoms with Gasteiger partial charge in [-0.2, -0.15) is 5.26 Å². The van der Waals surface area contributed by atoms with Gasteiger partial charge >= 0.3 is 0 Å². The van der Waals surface area contributed by atoms with E-state index < -0.39 is 5.97 Å². The highest BCUT2D eigenvalue weighted by atomic mass is 16.4. The summed E-state index contributed by atoms with van der Waals surface area (Å²) in [7, 11) is 0. The standard InChI is InChI=1S/C6H14.C4H7N.C2H4O2/c1-3-5-6-4-2;1-2-3-4-5;1-2(3)4/h3-6H2,1-2H3;2-3H2,1H3;1H3,(H,3,4). The number of unbranched alkanes of at least 4 members (excludes halogenated alkanes) is 4. The van der Waals surface area contributed by atoms with Crippen LogP contribution < -0.4 is 0 Å². The zero-order chi connectivity index (χ0) is 12.5. The summed E-state index contributed by atoms with van der Waals surface area (Å²) in [6, 6.07) is 2.02. The van der Waals surface area contributed by atoms with Gasteiger partial charge in [0.15, 0.2) is 0 Å². The Morgan fingerprint density at radius 2 is 1.47 bits per heavy atom. The third-order valence-corrected chi connectivity index (χ3v) is 1.32. The molecular formula is C12H25NO2. The molecule has 0 fully saturated rings. The van der Waals surface area contributed by atoms with Crippen LogP contribution in [0.2, 0.25) is 0 Å². The molecule has 0 aromatic heterocycles. The van der Waals surface area contributed by atoms with Crippen molar-refractivity contribution in [1.82, 2.24) is 0 Å². The average Bonchev–Trinajstić information content (AvgIpc) is 2.16. The van der Waals surface area contributed by atoms with Gasteiger partial charge < -0.3 is 5.11 Å². The fraction of sp³-hybridized carbons (Fsp3) is 0.833. The van der Waals surface area contributed by atoms with Crippen LogP contribution in [0.15, 0.2) is 0 Å². The molecule has 0 spiro atoms. The number of hydrogen-bond donors (Lipinski definition) is 1. The minimum absolute atomic E-state index is 0.694. The van der Waals surface area contributed by atoms with Gasteiger partial charge in [-0.1, -0.05) is 46.5 Å². The lowest BCUT2D eigenvalue weighted by Gasteiger charge is -1.86. The third-order valence-electron chi connectivity index (χ3n) is 1.32. The van der Waals surface area contributed by atoms with Crippen LogP contribution in [-0.2, 0) is 4.79 Å². The first-order valence-corrected chi connectivity index (χ1v) is 5.63. The summed E-state index contributed by atoms with van der Waals surface area (Å²) in [6.45, 7) is 7.54. The van der Waals surface area contributed by atoms with E-state index in [-0.39, 0.29) is 0 Å². The molecule has 0 atom stereocenters. The number of rotatable bonds is 4. The maximum atomic E-state index is 9.00. The summed E-state index contributed by atoms with van der Waals surface area (Å²) in [4.78, 5) is 9.00. The van der Waals surface area contributed by atoms with Crippen LogP contribution in [0.5, 0.6) is 0 Å². The smallest absolute Gasteiger partial charge is 0.300 e. The van der Waals surface area contributed by atoms with Crippen LogP contribution in [0.3, 0.4) is 0 Å². The van der Waals surface area contributed by atoms with Crippen LogP contribution in [-0.4, -0.2) is 11.1 Å². The van der Waals surface area contributed by atoms with Gasteiger partial charge in [-0.3, -0.25) is 4.79 Å². The number of hydrogen-bond acceptors (Lipinski definition) is 2. The van der Waals surface area contributed by atoms with Crippen LogP contribution in [0.4, 0.5) is 0 Å². The van der Waals surface area contributed by atoms with Crippen molar-refractivity contribution in [1.29, 1.82) is 5.26 Å². The van der Waals surface area contributed by atoms with E-state index in [4.69, 9.17) is 15.2 Å². The number of carbonyl (C=O) groups is 1. The SMILES string of the molecule is CC(=O)O.CCCC#N.CCCCCC. The van der Waals surface area contributed by atoms with Gasteiger partial charge in [-0.25, -0.2) is 0 Å². The molecule has 0 aromatic rings. The zero-order valence-corrected chi connectivity index (χ0v) is 10.5. The molecule has 0 aliphatic carbocycles. The molecule has 3 nitrogen and oxygen atoms in total. The lowest BCUT2D eigenvalue weighted by Crippen LogP contribution is -1.78. The quantitative estimate of drug-likeness (QED) is 0.721. The third kappa shape index (κ3) is 99.3. The molecule has 15 heavy (non-hydrogen) atoms. The Kier molecular flexibility index (Phi) is 30.0. The number of carboxylic acid groups (broad SMARTS) is 1. The molecule has 0 rings (SSSR count). The Balaban J connectivity index is -0.000000147. The van der Waals surface area contributed by atoms with Crippen molar-refractivity contribution in [3.05, 3.63) is 0 Å². The zero-order valence-electron chi connectivity index (χ0n) is 10.5. The Labute approximate surface area is 94.1 Å². The van der Waals surface area contributed by atoms with Gasteiger partial charge in [0, 0.05) is 13.3 Å². The average molecular weight is 215 g/mol. The molecule has 0 aliphatic heterocycles. The molecule has 0 saturated carbocycles. The van der Waals surface area contributed by atoms with Crippen LogP contribution in [0.25, 0.3) is 0 Å². The van der Waals surface area contributed by atoms with Crippen molar-refractivity contribution < 1.29 is 9.90 Å². The van der Waals surface area contributed by atoms with Gasteiger partial charge in [0.05, 0.1) is 6.07 Å². The fourth-order valence-electron chi connectivity index (χ4n) is 0.612. The highest BCUT2D eigenvalue weighted by Crippen LogP contribution is 1.95. The lowest BCUT2D eigenvalue weighted by molar-refractivity contribution is -0.134. The van der Waals surface area contributed by atoms with E-state index in [1.54, 1.807) is 0 Å². The molecule has 0 aliphatic rings. The second-order valence-corrected chi connectivity index (χ2v) is 3.13. The molecule has 0 radical (unpaired) electrons. The first-order valence-electron chi connectivity index (χ1n) is 5.63. The molecule has 0 unspecified atom stereocenters. The number of aliphatic carboxylic acids is 1. The Morgan fingerprint density at radius 1 is 1.13 bits per heavy atom. The molecule has 0 saturated heterocycles. The maximum absolute atomic E-state index is 9.00.